The summed E-state index contributed by atoms with van der Waals surface area (Å²) in [6, 6.07) is 0. The molecule has 0 spiro atoms. The van der Waals surface area contributed by atoms with Crippen LogP contribution in [-0.2, 0) is 28.6 Å². The molecule has 0 aliphatic rings. The first-order chi connectivity index (χ1) is 36.5. The van der Waals surface area contributed by atoms with E-state index in [2.05, 4.69) is 106 Å². The van der Waals surface area contributed by atoms with Crippen LogP contribution in [0.25, 0.3) is 0 Å². The Morgan fingerprint density at radius 1 is 0.270 bits per heavy atom. The monoisotopic (exact) mass is 1030 g/mol. The second kappa shape index (κ2) is 62.1. The number of carbonyl (C=O) groups excluding carboxylic acids is 3. The number of ether oxygens (including phenoxy) is 3. The summed E-state index contributed by atoms with van der Waals surface area (Å²) in [7, 11) is 0. The fourth-order valence-electron chi connectivity index (χ4n) is 8.85. The number of hydrogen-bond acceptors (Lipinski definition) is 6. The van der Waals surface area contributed by atoms with Gasteiger partial charge >= 0.3 is 17.9 Å². The van der Waals surface area contributed by atoms with E-state index in [1.54, 1.807) is 0 Å². The standard InChI is InChI=1S/C68H118O6/c1-4-7-10-13-16-19-22-25-28-31-34-37-40-43-46-49-52-55-58-61-67(70)73-64-65(63-72-66(69)60-57-54-51-48-45-42-39-36-33-30-27-24-21-18-15-12-9-6-3)74-68(71)62-59-56-53-50-47-44-41-38-35-32-29-26-23-20-17-14-11-8-5-2/h16-17,19-20,25-26,28-29,34-35,37-38,43,46,65H,4-15,18,21-24,27,30-33,36,39-42,44-45,47-64H2,1-3H3/b19-16-,20-17-,28-25-,29-26-,37-34-,38-35-,46-43-/t65-/m1/s1. The molecular formula is C68H118O6. The van der Waals surface area contributed by atoms with E-state index < -0.39 is 6.10 Å². The van der Waals surface area contributed by atoms with Crippen molar-refractivity contribution in [3.8, 4) is 0 Å². The van der Waals surface area contributed by atoms with E-state index in [0.29, 0.717) is 19.3 Å². The molecule has 0 saturated heterocycles. The molecule has 0 aliphatic carbocycles. The summed E-state index contributed by atoms with van der Waals surface area (Å²) in [6.45, 7) is 6.58. The van der Waals surface area contributed by atoms with E-state index in [1.807, 2.05) is 0 Å². The Labute approximate surface area is 458 Å². The van der Waals surface area contributed by atoms with E-state index in [0.717, 1.165) is 109 Å². The zero-order valence-corrected chi connectivity index (χ0v) is 48.8. The molecule has 0 fully saturated rings. The van der Waals surface area contributed by atoms with Crippen LogP contribution < -0.4 is 0 Å². The molecule has 1 atom stereocenters. The highest BCUT2D eigenvalue weighted by molar-refractivity contribution is 5.71. The molecule has 6 nitrogen and oxygen atoms in total. The molecule has 0 radical (unpaired) electrons. The van der Waals surface area contributed by atoms with E-state index in [-0.39, 0.29) is 31.1 Å². The van der Waals surface area contributed by atoms with Crippen molar-refractivity contribution in [1.82, 2.24) is 0 Å². The van der Waals surface area contributed by atoms with Gasteiger partial charge in [-0.05, 0) is 103 Å². The third-order valence-electron chi connectivity index (χ3n) is 13.6. The van der Waals surface area contributed by atoms with Crippen molar-refractivity contribution in [1.29, 1.82) is 0 Å². The molecular weight excluding hydrogens is 913 g/mol. The Morgan fingerprint density at radius 3 is 0.797 bits per heavy atom. The summed E-state index contributed by atoms with van der Waals surface area (Å²) in [5, 5.41) is 0. The third-order valence-corrected chi connectivity index (χ3v) is 13.6. The van der Waals surface area contributed by atoms with E-state index >= 15 is 0 Å². The van der Waals surface area contributed by atoms with Crippen molar-refractivity contribution in [2.45, 2.75) is 316 Å². The first-order valence-corrected chi connectivity index (χ1v) is 31.6. The minimum atomic E-state index is -0.797. The number of hydrogen-bond donors (Lipinski definition) is 0. The zero-order valence-electron chi connectivity index (χ0n) is 48.8. The second-order valence-electron chi connectivity index (χ2n) is 21.0. The Bertz CT molecular complexity index is 1420. The van der Waals surface area contributed by atoms with Crippen molar-refractivity contribution in [2.75, 3.05) is 13.2 Å². The topological polar surface area (TPSA) is 78.9 Å². The van der Waals surface area contributed by atoms with Gasteiger partial charge in [0.25, 0.3) is 0 Å². The fourth-order valence-corrected chi connectivity index (χ4v) is 8.85. The maximum atomic E-state index is 12.9. The predicted molar refractivity (Wildman–Crippen MR) is 321 cm³/mol. The molecule has 0 aliphatic heterocycles. The van der Waals surface area contributed by atoms with Crippen LogP contribution in [0.3, 0.4) is 0 Å². The maximum Gasteiger partial charge on any atom is 0.306 e. The predicted octanol–water partition coefficient (Wildman–Crippen LogP) is 21.5. The SMILES string of the molecule is CCCCC/C=C\C/C=C\C/C=C\C/C=C\CCCCCC(=O)OC[C@@H](COC(=O)CCCCCCCCCCCCCCCCCCCC)OC(=O)CCCCCCCC/C=C\C/C=C\C/C=C\CCCCC. The Morgan fingerprint density at radius 2 is 0.486 bits per heavy atom. The molecule has 426 valence electrons. The van der Waals surface area contributed by atoms with Crippen LogP contribution in [0.2, 0.25) is 0 Å². The molecule has 0 saturated carbocycles. The van der Waals surface area contributed by atoms with Crippen molar-refractivity contribution in [2.24, 2.45) is 0 Å². The highest BCUT2D eigenvalue weighted by atomic mass is 16.6. The number of unbranched alkanes of at least 4 members (excludes halogenated alkanes) is 32. The van der Waals surface area contributed by atoms with Crippen LogP contribution in [0, 0.1) is 0 Å². The highest BCUT2D eigenvalue weighted by Crippen LogP contribution is 2.16. The number of carbonyl (C=O) groups is 3. The first-order valence-electron chi connectivity index (χ1n) is 31.6. The molecule has 0 heterocycles. The quantitative estimate of drug-likeness (QED) is 0.0261. The normalized spacial score (nSPS) is 12.6. The van der Waals surface area contributed by atoms with Gasteiger partial charge in [0, 0.05) is 19.3 Å². The molecule has 0 rings (SSSR count). The average molecular weight is 1030 g/mol. The second-order valence-corrected chi connectivity index (χ2v) is 21.0. The van der Waals surface area contributed by atoms with E-state index in [4.69, 9.17) is 14.2 Å². The van der Waals surface area contributed by atoms with Gasteiger partial charge in [0.05, 0.1) is 0 Å². The molecule has 0 bridgehead atoms. The summed E-state index contributed by atoms with van der Waals surface area (Å²) in [5.41, 5.74) is 0. The summed E-state index contributed by atoms with van der Waals surface area (Å²) in [6.07, 6.45) is 81.5. The van der Waals surface area contributed by atoms with Crippen LogP contribution in [0.15, 0.2) is 85.1 Å². The van der Waals surface area contributed by atoms with Gasteiger partial charge in [-0.25, -0.2) is 0 Å². The molecule has 6 heteroatoms. The van der Waals surface area contributed by atoms with Crippen LogP contribution in [0.1, 0.15) is 310 Å². The molecule has 0 aromatic heterocycles. The third kappa shape index (κ3) is 59.5. The van der Waals surface area contributed by atoms with Gasteiger partial charge in [0.2, 0.25) is 0 Å². The summed E-state index contributed by atoms with van der Waals surface area (Å²) in [4.78, 5) is 38.3. The fraction of sp³-hybridized carbons (Fsp3) is 0.750. The van der Waals surface area contributed by atoms with Gasteiger partial charge in [0.15, 0.2) is 6.10 Å². The molecule has 74 heavy (non-hydrogen) atoms. The summed E-state index contributed by atoms with van der Waals surface area (Å²) in [5.74, 6) is -0.922. The smallest absolute Gasteiger partial charge is 0.306 e. The minimum absolute atomic E-state index is 0.0900. The lowest BCUT2D eigenvalue weighted by Gasteiger charge is -2.18. The van der Waals surface area contributed by atoms with Crippen LogP contribution in [-0.4, -0.2) is 37.2 Å². The van der Waals surface area contributed by atoms with Gasteiger partial charge in [0.1, 0.15) is 13.2 Å². The Kier molecular flexibility index (Phi) is 59.3. The first kappa shape index (κ1) is 70.6. The van der Waals surface area contributed by atoms with Crippen molar-refractivity contribution >= 4 is 17.9 Å². The van der Waals surface area contributed by atoms with E-state index in [1.165, 1.54) is 161 Å². The zero-order chi connectivity index (χ0) is 53.6. The van der Waals surface area contributed by atoms with Crippen molar-refractivity contribution in [3.63, 3.8) is 0 Å². The molecule has 0 aromatic rings. The number of rotatable bonds is 57. The maximum absolute atomic E-state index is 12.9. The summed E-state index contributed by atoms with van der Waals surface area (Å²) < 4.78 is 16.9. The highest BCUT2D eigenvalue weighted by Gasteiger charge is 2.19. The summed E-state index contributed by atoms with van der Waals surface area (Å²) >= 11 is 0. The molecule has 0 amide bonds. The lowest BCUT2D eigenvalue weighted by Crippen LogP contribution is -2.30. The van der Waals surface area contributed by atoms with Gasteiger partial charge in [-0.1, -0.05) is 273 Å². The van der Waals surface area contributed by atoms with Gasteiger partial charge < -0.3 is 14.2 Å². The molecule has 0 unspecified atom stereocenters. The molecule has 0 aromatic carbocycles. The number of esters is 3. The van der Waals surface area contributed by atoms with E-state index in [9.17, 15) is 14.4 Å². The molecule has 0 N–H and O–H groups in total. The van der Waals surface area contributed by atoms with Crippen LogP contribution >= 0.6 is 0 Å². The van der Waals surface area contributed by atoms with Gasteiger partial charge in [-0.3, -0.25) is 14.4 Å². The lowest BCUT2D eigenvalue weighted by atomic mass is 10.0. The Balaban J connectivity index is 4.45. The minimum Gasteiger partial charge on any atom is -0.462 e. The largest absolute Gasteiger partial charge is 0.462 e. The van der Waals surface area contributed by atoms with Gasteiger partial charge in [-0.2, -0.15) is 0 Å². The van der Waals surface area contributed by atoms with Crippen molar-refractivity contribution in [3.05, 3.63) is 85.1 Å². The van der Waals surface area contributed by atoms with Crippen LogP contribution in [0.5, 0.6) is 0 Å². The lowest BCUT2D eigenvalue weighted by molar-refractivity contribution is -0.167. The van der Waals surface area contributed by atoms with Gasteiger partial charge in [-0.15, -0.1) is 0 Å². The Hall–Kier alpha value is -3.41. The average Bonchev–Trinajstić information content (AvgIpc) is 3.40. The number of allylic oxidation sites excluding steroid dienone is 14. The van der Waals surface area contributed by atoms with Crippen molar-refractivity contribution < 1.29 is 28.6 Å². The van der Waals surface area contributed by atoms with Crippen LogP contribution in [0.4, 0.5) is 0 Å².